The summed E-state index contributed by atoms with van der Waals surface area (Å²) >= 11 is 0. The largest absolute Gasteiger partial charge is 0.464 e. The van der Waals surface area contributed by atoms with Crippen LogP contribution in [-0.2, 0) is 11.8 Å². The lowest BCUT2D eigenvalue weighted by Crippen LogP contribution is -2.14. The molecule has 0 unspecified atom stereocenters. The van der Waals surface area contributed by atoms with Crippen molar-refractivity contribution in [2.24, 2.45) is 7.05 Å². The van der Waals surface area contributed by atoms with Crippen molar-refractivity contribution < 1.29 is 9.53 Å². The van der Waals surface area contributed by atoms with E-state index in [0.717, 1.165) is 5.56 Å². The van der Waals surface area contributed by atoms with Crippen molar-refractivity contribution in [3.05, 3.63) is 34.0 Å². The fourth-order valence-electron chi connectivity index (χ4n) is 1.53. The SMILES string of the molecule is COC(=O)c1[nH]n(C)c(=O)c1-c1ncc(C)cn1. The summed E-state index contributed by atoms with van der Waals surface area (Å²) in [5.74, 6) is -0.435. The van der Waals surface area contributed by atoms with E-state index in [0.29, 0.717) is 0 Å². The van der Waals surface area contributed by atoms with Crippen molar-refractivity contribution in [2.45, 2.75) is 6.92 Å². The molecule has 0 atom stereocenters. The summed E-state index contributed by atoms with van der Waals surface area (Å²) in [6, 6.07) is 0. The van der Waals surface area contributed by atoms with Gasteiger partial charge in [-0.2, -0.15) is 0 Å². The quantitative estimate of drug-likeness (QED) is 0.770. The van der Waals surface area contributed by atoms with Crippen LogP contribution in [0.15, 0.2) is 17.2 Å². The zero-order valence-electron chi connectivity index (χ0n) is 10.2. The lowest BCUT2D eigenvalue weighted by molar-refractivity contribution is 0.0594. The number of esters is 1. The van der Waals surface area contributed by atoms with Crippen LogP contribution in [-0.4, -0.2) is 32.8 Å². The predicted molar refractivity (Wildman–Crippen MR) is 63.1 cm³/mol. The van der Waals surface area contributed by atoms with Crippen LogP contribution in [0, 0.1) is 6.92 Å². The molecular weight excluding hydrogens is 236 g/mol. The van der Waals surface area contributed by atoms with E-state index >= 15 is 0 Å². The number of nitrogens with zero attached hydrogens (tertiary/aromatic N) is 3. The summed E-state index contributed by atoms with van der Waals surface area (Å²) in [5, 5.41) is 2.63. The number of methoxy groups -OCH3 is 1. The molecular formula is C11H12N4O3. The van der Waals surface area contributed by atoms with E-state index in [1.54, 1.807) is 12.4 Å². The predicted octanol–water partition coefficient (Wildman–Crippen LogP) is 0.265. The van der Waals surface area contributed by atoms with Crippen LogP contribution < -0.4 is 5.56 Å². The molecule has 2 aromatic heterocycles. The molecule has 0 aromatic carbocycles. The molecule has 18 heavy (non-hydrogen) atoms. The van der Waals surface area contributed by atoms with Crippen molar-refractivity contribution in [1.29, 1.82) is 0 Å². The zero-order valence-corrected chi connectivity index (χ0v) is 10.2. The van der Waals surface area contributed by atoms with Gasteiger partial charge in [0.05, 0.1) is 7.11 Å². The van der Waals surface area contributed by atoms with Gasteiger partial charge in [-0.25, -0.2) is 14.8 Å². The van der Waals surface area contributed by atoms with Crippen LogP contribution in [0.4, 0.5) is 0 Å². The van der Waals surface area contributed by atoms with Crippen molar-refractivity contribution in [1.82, 2.24) is 19.7 Å². The van der Waals surface area contributed by atoms with E-state index < -0.39 is 5.97 Å². The number of aromatic nitrogens is 4. The molecule has 94 valence electrons. The minimum absolute atomic E-state index is 0.0499. The van der Waals surface area contributed by atoms with E-state index in [9.17, 15) is 9.59 Å². The summed E-state index contributed by atoms with van der Waals surface area (Å²) in [4.78, 5) is 31.6. The highest BCUT2D eigenvalue weighted by atomic mass is 16.5. The first-order valence-electron chi connectivity index (χ1n) is 5.21. The number of aryl methyl sites for hydroxylation is 2. The second kappa shape index (κ2) is 4.44. The minimum Gasteiger partial charge on any atom is -0.464 e. The number of hydrogen-bond acceptors (Lipinski definition) is 5. The molecule has 0 saturated heterocycles. The summed E-state index contributed by atoms with van der Waals surface area (Å²) in [5.41, 5.74) is 0.656. The Labute approximate surface area is 102 Å². The van der Waals surface area contributed by atoms with Gasteiger partial charge in [-0.1, -0.05) is 0 Å². The lowest BCUT2D eigenvalue weighted by atomic mass is 10.2. The number of nitrogens with one attached hydrogen (secondary N) is 1. The molecule has 0 aliphatic carbocycles. The van der Waals surface area contributed by atoms with Crippen LogP contribution in [0.3, 0.4) is 0 Å². The maximum Gasteiger partial charge on any atom is 0.356 e. The molecule has 2 aromatic rings. The maximum absolute atomic E-state index is 11.9. The van der Waals surface area contributed by atoms with Crippen molar-refractivity contribution in [3.63, 3.8) is 0 Å². The number of aromatic amines is 1. The Balaban J connectivity index is 2.66. The second-order valence-corrected chi connectivity index (χ2v) is 3.80. The molecule has 0 fully saturated rings. The fourth-order valence-corrected chi connectivity index (χ4v) is 1.53. The fraction of sp³-hybridized carbons (Fsp3) is 0.273. The third-order valence-electron chi connectivity index (χ3n) is 2.44. The van der Waals surface area contributed by atoms with Crippen LogP contribution in [0.5, 0.6) is 0 Å². The molecule has 7 nitrogen and oxygen atoms in total. The molecule has 1 N–H and O–H groups in total. The summed E-state index contributed by atoms with van der Waals surface area (Å²) < 4.78 is 5.80. The van der Waals surface area contributed by atoms with E-state index in [4.69, 9.17) is 0 Å². The highest BCUT2D eigenvalue weighted by Crippen LogP contribution is 2.14. The average Bonchev–Trinajstić information content (AvgIpc) is 2.66. The minimum atomic E-state index is -0.633. The van der Waals surface area contributed by atoms with Gasteiger partial charge in [0, 0.05) is 19.4 Å². The van der Waals surface area contributed by atoms with Crippen molar-refractivity contribution in [2.75, 3.05) is 7.11 Å². The number of carbonyl (C=O) groups is 1. The number of carbonyl (C=O) groups excluding carboxylic acids is 1. The number of hydrogen-bond donors (Lipinski definition) is 1. The number of H-pyrrole nitrogens is 1. The first-order chi connectivity index (χ1) is 8.54. The average molecular weight is 248 g/mol. The van der Waals surface area contributed by atoms with Gasteiger partial charge in [-0.05, 0) is 12.5 Å². The molecule has 0 radical (unpaired) electrons. The van der Waals surface area contributed by atoms with Gasteiger partial charge in [-0.3, -0.25) is 14.6 Å². The van der Waals surface area contributed by atoms with Crippen LogP contribution in [0.2, 0.25) is 0 Å². The summed E-state index contributed by atoms with van der Waals surface area (Å²) in [6.45, 7) is 1.83. The monoisotopic (exact) mass is 248 g/mol. The standard InChI is InChI=1S/C11H12N4O3/c1-6-4-12-9(13-5-6)7-8(11(17)18-3)14-15(2)10(7)16/h4-5,14H,1-3H3. The molecule has 0 aliphatic heterocycles. The third-order valence-corrected chi connectivity index (χ3v) is 2.44. The molecule has 0 aliphatic rings. The van der Waals surface area contributed by atoms with Gasteiger partial charge in [0.15, 0.2) is 11.5 Å². The summed E-state index contributed by atoms with van der Waals surface area (Å²) in [6.07, 6.45) is 3.16. The van der Waals surface area contributed by atoms with Crippen LogP contribution in [0.25, 0.3) is 11.4 Å². The Morgan fingerprint density at radius 3 is 2.56 bits per heavy atom. The lowest BCUT2D eigenvalue weighted by Gasteiger charge is -1.99. The number of rotatable bonds is 2. The van der Waals surface area contributed by atoms with E-state index in [1.807, 2.05) is 6.92 Å². The van der Waals surface area contributed by atoms with Gasteiger partial charge in [0.2, 0.25) is 0 Å². The van der Waals surface area contributed by atoms with E-state index in [1.165, 1.54) is 18.8 Å². The molecule has 0 bridgehead atoms. The smallest absolute Gasteiger partial charge is 0.356 e. The summed E-state index contributed by atoms with van der Waals surface area (Å²) in [7, 11) is 2.75. The zero-order chi connectivity index (χ0) is 13.3. The maximum atomic E-state index is 11.9. The second-order valence-electron chi connectivity index (χ2n) is 3.80. The molecule has 0 spiro atoms. The molecule has 2 rings (SSSR count). The first kappa shape index (κ1) is 12.0. The molecule has 0 amide bonds. The van der Waals surface area contributed by atoms with Gasteiger partial charge in [-0.15, -0.1) is 0 Å². The Kier molecular flexibility index (Phi) is 2.97. The molecule has 2 heterocycles. The van der Waals surface area contributed by atoms with Crippen LogP contribution >= 0.6 is 0 Å². The highest BCUT2D eigenvalue weighted by molar-refractivity contribution is 5.93. The molecule has 0 saturated carbocycles. The highest BCUT2D eigenvalue weighted by Gasteiger charge is 2.22. The first-order valence-corrected chi connectivity index (χ1v) is 5.21. The molecule has 7 heteroatoms. The van der Waals surface area contributed by atoms with Gasteiger partial charge >= 0.3 is 5.97 Å². The topological polar surface area (TPSA) is 89.9 Å². The van der Waals surface area contributed by atoms with Crippen LogP contribution in [0.1, 0.15) is 16.1 Å². The van der Waals surface area contributed by atoms with Crippen molar-refractivity contribution in [3.8, 4) is 11.4 Å². The van der Waals surface area contributed by atoms with Crippen molar-refractivity contribution >= 4 is 5.97 Å². The third kappa shape index (κ3) is 1.90. The van der Waals surface area contributed by atoms with E-state index in [2.05, 4.69) is 19.8 Å². The number of ether oxygens (including phenoxy) is 1. The van der Waals surface area contributed by atoms with Gasteiger partial charge < -0.3 is 4.74 Å². The Morgan fingerprint density at radius 2 is 2.00 bits per heavy atom. The Morgan fingerprint density at radius 1 is 1.39 bits per heavy atom. The van der Waals surface area contributed by atoms with Gasteiger partial charge in [0.25, 0.3) is 5.56 Å². The van der Waals surface area contributed by atoms with E-state index in [-0.39, 0.29) is 22.6 Å². The van der Waals surface area contributed by atoms with Gasteiger partial charge in [0.1, 0.15) is 5.56 Å². The Bertz CT molecular complexity index is 639. The normalized spacial score (nSPS) is 10.4. The Hall–Kier alpha value is -2.44.